The monoisotopic (exact) mass is 407 g/mol. The van der Waals surface area contributed by atoms with Crippen molar-refractivity contribution < 1.29 is 32.5 Å². The van der Waals surface area contributed by atoms with Gasteiger partial charge in [0.15, 0.2) is 5.76 Å². The summed E-state index contributed by atoms with van der Waals surface area (Å²) < 4.78 is 35.5. The molecule has 0 amide bonds. The number of aliphatic hydroxyl groups is 1. The molecule has 2 N–H and O–H groups in total. The Hall–Kier alpha value is -3.64. The van der Waals surface area contributed by atoms with E-state index in [9.17, 15) is 28.4 Å². The fraction of sp³-hybridized carbons (Fsp3) is 0.0625. The third-order valence-corrected chi connectivity index (χ3v) is 4.20. The van der Waals surface area contributed by atoms with Gasteiger partial charge in [0.2, 0.25) is 5.70 Å². The Bertz CT molecular complexity index is 1080. The van der Waals surface area contributed by atoms with Gasteiger partial charge in [-0.15, -0.1) is 5.11 Å². The molecular formula is C16H13N3O8S. The number of ether oxygens (including phenoxy) is 1. The minimum absolute atomic E-state index is 0.0599. The standard InChI is InChI=1S/C16H13N3O8S/c1-27-16(21)14(15(20)10-3-2-4-12(9-10)19(22)23)18-17-11-5-7-13(8-6-11)28(24,25)26/h2-9,20H,1H3,(H,24,25,26). The smallest absolute Gasteiger partial charge is 0.362 e. The summed E-state index contributed by atoms with van der Waals surface area (Å²) in [5.74, 6) is -1.75. The molecule has 0 heterocycles. The quantitative estimate of drug-likeness (QED) is 0.140. The fourth-order valence-electron chi connectivity index (χ4n) is 1.98. The number of non-ortho nitro benzene ring substituents is 1. The molecule has 0 saturated heterocycles. The lowest BCUT2D eigenvalue weighted by Gasteiger charge is -2.05. The number of hydrogen-bond acceptors (Lipinski definition) is 9. The van der Waals surface area contributed by atoms with Gasteiger partial charge in [0, 0.05) is 17.7 Å². The zero-order chi connectivity index (χ0) is 20.9. The van der Waals surface area contributed by atoms with Gasteiger partial charge in [-0.05, 0) is 24.3 Å². The lowest BCUT2D eigenvalue weighted by molar-refractivity contribution is -0.384. The van der Waals surface area contributed by atoms with Crippen molar-refractivity contribution in [2.45, 2.75) is 4.90 Å². The van der Waals surface area contributed by atoms with Crippen LogP contribution in [0.1, 0.15) is 5.56 Å². The highest BCUT2D eigenvalue weighted by atomic mass is 32.2. The lowest BCUT2D eigenvalue weighted by atomic mass is 10.1. The number of nitro groups is 1. The largest absolute Gasteiger partial charge is 0.505 e. The molecule has 0 aliphatic heterocycles. The highest BCUT2D eigenvalue weighted by molar-refractivity contribution is 7.85. The van der Waals surface area contributed by atoms with E-state index in [1.54, 1.807) is 0 Å². The van der Waals surface area contributed by atoms with E-state index < -0.39 is 32.5 Å². The second kappa shape index (κ2) is 8.37. The summed E-state index contributed by atoms with van der Waals surface area (Å²) in [6, 6.07) is 9.39. The van der Waals surface area contributed by atoms with Crippen LogP contribution >= 0.6 is 0 Å². The molecule has 2 aromatic carbocycles. The number of methoxy groups -OCH3 is 1. The Morgan fingerprint density at radius 2 is 1.82 bits per heavy atom. The topological polar surface area (TPSA) is 169 Å². The molecule has 0 aromatic heterocycles. The van der Waals surface area contributed by atoms with Crippen molar-refractivity contribution in [1.29, 1.82) is 0 Å². The summed E-state index contributed by atoms with van der Waals surface area (Å²) in [6.45, 7) is 0. The summed E-state index contributed by atoms with van der Waals surface area (Å²) >= 11 is 0. The summed E-state index contributed by atoms with van der Waals surface area (Å²) in [5.41, 5.74) is -0.899. The number of carbonyl (C=O) groups excluding carboxylic acids is 1. The molecular weight excluding hydrogens is 394 g/mol. The summed E-state index contributed by atoms with van der Waals surface area (Å²) in [7, 11) is -3.34. The van der Waals surface area contributed by atoms with Crippen LogP contribution in [0, 0.1) is 10.1 Å². The first-order chi connectivity index (χ1) is 13.1. The van der Waals surface area contributed by atoms with Gasteiger partial charge < -0.3 is 9.84 Å². The third kappa shape index (κ3) is 4.96. The van der Waals surface area contributed by atoms with Gasteiger partial charge in [0.05, 0.1) is 22.6 Å². The van der Waals surface area contributed by atoms with Crippen LogP contribution in [0.2, 0.25) is 0 Å². The van der Waals surface area contributed by atoms with Crippen LogP contribution in [-0.4, -0.2) is 36.1 Å². The van der Waals surface area contributed by atoms with Crippen molar-refractivity contribution in [3.63, 3.8) is 0 Å². The third-order valence-electron chi connectivity index (χ3n) is 3.33. The van der Waals surface area contributed by atoms with Gasteiger partial charge in [-0.3, -0.25) is 14.7 Å². The van der Waals surface area contributed by atoms with Crippen molar-refractivity contribution >= 4 is 33.2 Å². The number of aliphatic hydroxyl groups excluding tert-OH is 1. The van der Waals surface area contributed by atoms with Crippen LogP contribution in [0.5, 0.6) is 0 Å². The van der Waals surface area contributed by atoms with Gasteiger partial charge in [-0.25, -0.2) is 4.79 Å². The number of nitrogens with zero attached hydrogens (tertiary/aromatic N) is 3. The van der Waals surface area contributed by atoms with E-state index in [2.05, 4.69) is 15.0 Å². The molecule has 0 unspecified atom stereocenters. The minimum atomic E-state index is -4.38. The predicted molar refractivity (Wildman–Crippen MR) is 95.4 cm³/mol. The Kier molecular flexibility index (Phi) is 6.18. The van der Waals surface area contributed by atoms with Gasteiger partial charge >= 0.3 is 5.97 Å². The molecule has 0 spiro atoms. The van der Waals surface area contributed by atoms with Crippen molar-refractivity contribution in [2.24, 2.45) is 10.2 Å². The van der Waals surface area contributed by atoms with Crippen molar-refractivity contribution in [2.75, 3.05) is 7.11 Å². The Morgan fingerprint density at radius 1 is 1.18 bits per heavy atom. The highest BCUT2D eigenvalue weighted by Gasteiger charge is 2.19. The zero-order valence-corrected chi connectivity index (χ0v) is 15.0. The van der Waals surface area contributed by atoms with Crippen molar-refractivity contribution in [1.82, 2.24) is 0 Å². The van der Waals surface area contributed by atoms with Crippen LogP contribution in [0.3, 0.4) is 0 Å². The molecule has 28 heavy (non-hydrogen) atoms. The molecule has 0 fully saturated rings. The normalized spacial score (nSPS) is 12.5. The lowest BCUT2D eigenvalue weighted by Crippen LogP contribution is -2.06. The molecule has 0 radical (unpaired) electrons. The molecule has 0 bridgehead atoms. The molecule has 2 aromatic rings. The second-order valence-corrected chi connectivity index (χ2v) is 6.59. The van der Waals surface area contributed by atoms with Crippen LogP contribution < -0.4 is 0 Å². The average molecular weight is 407 g/mol. The molecule has 0 saturated carbocycles. The summed E-state index contributed by atoms with van der Waals surface area (Å²) in [6.07, 6.45) is 0. The van der Waals surface area contributed by atoms with Gasteiger partial charge in [-0.2, -0.15) is 13.5 Å². The van der Waals surface area contributed by atoms with Crippen LogP contribution in [0.15, 0.2) is 69.4 Å². The van der Waals surface area contributed by atoms with Crippen LogP contribution in [0.4, 0.5) is 11.4 Å². The molecule has 0 atom stereocenters. The first kappa shape index (κ1) is 20.7. The van der Waals surface area contributed by atoms with Gasteiger partial charge in [-0.1, -0.05) is 12.1 Å². The Labute approximate surface area is 158 Å². The Balaban J connectivity index is 2.45. The number of rotatable bonds is 6. The first-order valence-corrected chi connectivity index (χ1v) is 8.83. The number of nitro benzene ring substituents is 1. The van der Waals surface area contributed by atoms with E-state index in [1.165, 1.54) is 30.3 Å². The zero-order valence-electron chi connectivity index (χ0n) is 14.2. The maximum absolute atomic E-state index is 11.9. The average Bonchev–Trinajstić information content (AvgIpc) is 2.67. The van der Waals surface area contributed by atoms with Gasteiger partial charge in [0.1, 0.15) is 0 Å². The van der Waals surface area contributed by atoms with E-state index >= 15 is 0 Å². The van der Waals surface area contributed by atoms with E-state index in [-0.39, 0.29) is 21.8 Å². The number of azo groups is 1. The first-order valence-electron chi connectivity index (χ1n) is 7.39. The van der Waals surface area contributed by atoms with Crippen molar-refractivity contribution in [3.8, 4) is 0 Å². The van der Waals surface area contributed by atoms with E-state index in [0.29, 0.717) is 0 Å². The number of carbonyl (C=O) groups is 1. The predicted octanol–water partition coefficient (Wildman–Crippen LogP) is 3.03. The van der Waals surface area contributed by atoms with E-state index in [4.69, 9.17) is 4.55 Å². The maximum Gasteiger partial charge on any atom is 0.362 e. The Morgan fingerprint density at radius 3 is 2.36 bits per heavy atom. The van der Waals surface area contributed by atoms with E-state index in [0.717, 1.165) is 25.3 Å². The highest BCUT2D eigenvalue weighted by Crippen LogP contribution is 2.24. The maximum atomic E-state index is 11.9. The van der Waals surface area contributed by atoms with Crippen LogP contribution in [-0.2, 0) is 19.6 Å². The number of benzene rings is 2. The fourth-order valence-corrected chi connectivity index (χ4v) is 2.46. The molecule has 0 aliphatic carbocycles. The molecule has 146 valence electrons. The molecule has 2 rings (SSSR count). The molecule has 11 nitrogen and oxygen atoms in total. The van der Waals surface area contributed by atoms with Crippen LogP contribution in [0.25, 0.3) is 5.76 Å². The summed E-state index contributed by atoms with van der Waals surface area (Å²) in [5, 5.41) is 28.5. The minimum Gasteiger partial charge on any atom is -0.505 e. The van der Waals surface area contributed by atoms with E-state index in [1.807, 2.05) is 0 Å². The molecule has 12 heteroatoms. The van der Waals surface area contributed by atoms with Crippen molar-refractivity contribution in [3.05, 3.63) is 69.9 Å². The SMILES string of the molecule is COC(=O)C(N=Nc1ccc(S(=O)(=O)O)cc1)=C(O)c1cccc([N+](=O)[O-])c1. The second-order valence-electron chi connectivity index (χ2n) is 5.17. The number of esters is 1. The van der Waals surface area contributed by atoms with Gasteiger partial charge in [0.25, 0.3) is 15.8 Å². The molecule has 0 aliphatic rings. The number of hydrogen-bond donors (Lipinski definition) is 2. The summed E-state index contributed by atoms with van der Waals surface area (Å²) in [4.78, 5) is 21.7.